The van der Waals surface area contributed by atoms with Crippen molar-refractivity contribution in [1.29, 1.82) is 0 Å². The van der Waals surface area contributed by atoms with Crippen molar-refractivity contribution in [2.24, 2.45) is 0 Å². The average molecular weight is 339 g/mol. The summed E-state index contributed by atoms with van der Waals surface area (Å²) >= 11 is 0. The lowest BCUT2D eigenvalue weighted by Gasteiger charge is -2.24. The lowest BCUT2D eigenvalue weighted by Crippen LogP contribution is -2.38. The number of hydrogen-bond acceptors (Lipinski definition) is 7. The summed E-state index contributed by atoms with van der Waals surface area (Å²) in [6.45, 7) is 4.54. The van der Waals surface area contributed by atoms with Gasteiger partial charge in [-0.25, -0.2) is 15.0 Å². The molecule has 1 fully saturated rings. The van der Waals surface area contributed by atoms with Crippen LogP contribution < -0.4 is 15.4 Å². The fraction of sp³-hybridized carbons (Fsp3) is 0.412. The first-order valence-electron chi connectivity index (χ1n) is 8.59. The summed E-state index contributed by atoms with van der Waals surface area (Å²) in [5.41, 5.74) is 1.68. The molecule has 1 atom stereocenters. The third-order valence-electron chi connectivity index (χ3n) is 4.22. The zero-order chi connectivity index (χ0) is 17.1. The number of nitrogens with one attached hydrogen (secondary N) is 2. The third kappa shape index (κ3) is 3.39. The zero-order valence-corrected chi connectivity index (χ0v) is 14.1. The molecule has 0 aromatic carbocycles. The number of fused-ring (bicyclic) bond motifs is 1. The number of pyridine rings is 1. The maximum Gasteiger partial charge on any atom is 0.215 e. The third-order valence-corrected chi connectivity index (χ3v) is 4.22. The number of anilines is 1. The Labute approximate surface area is 145 Å². The van der Waals surface area contributed by atoms with E-state index < -0.39 is 0 Å². The Morgan fingerprint density at radius 2 is 2.28 bits per heavy atom. The predicted octanol–water partition coefficient (Wildman–Crippen LogP) is 1.77. The Balaban J connectivity index is 1.61. The average Bonchev–Trinajstić information content (AvgIpc) is 3.06. The van der Waals surface area contributed by atoms with E-state index in [9.17, 15) is 0 Å². The first kappa shape index (κ1) is 15.8. The van der Waals surface area contributed by atoms with Gasteiger partial charge < -0.3 is 15.4 Å². The van der Waals surface area contributed by atoms with Crippen molar-refractivity contribution in [2.45, 2.75) is 25.8 Å². The topological polar surface area (TPSA) is 89.8 Å². The normalized spacial score (nSPS) is 17.6. The molecule has 0 spiro atoms. The maximum absolute atomic E-state index is 5.43. The highest BCUT2D eigenvalue weighted by Gasteiger charge is 2.14. The van der Waals surface area contributed by atoms with Crippen molar-refractivity contribution in [3.05, 3.63) is 31.0 Å². The second-order valence-electron chi connectivity index (χ2n) is 6.01. The Kier molecular flexibility index (Phi) is 4.43. The number of hydrogen-bond donors (Lipinski definition) is 2. The van der Waals surface area contributed by atoms with E-state index in [1.54, 1.807) is 24.9 Å². The highest BCUT2D eigenvalue weighted by Crippen LogP contribution is 2.20. The van der Waals surface area contributed by atoms with Gasteiger partial charge in [0.05, 0.1) is 36.2 Å². The molecule has 0 aliphatic carbocycles. The summed E-state index contributed by atoms with van der Waals surface area (Å²) in [5, 5.41) is 6.84. The van der Waals surface area contributed by atoms with Crippen LogP contribution in [0.15, 0.2) is 31.0 Å². The molecular formula is C17H21N7O. The van der Waals surface area contributed by atoms with Crippen LogP contribution in [0.2, 0.25) is 0 Å². The minimum absolute atomic E-state index is 0.383. The second-order valence-corrected chi connectivity index (χ2v) is 6.01. The van der Waals surface area contributed by atoms with Gasteiger partial charge in [-0.2, -0.15) is 0 Å². The number of rotatable bonds is 5. The minimum atomic E-state index is 0.383. The minimum Gasteiger partial charge on any atom is -0.478 e. The molecule has 0 bridgehead atoms. The van der Waals surface area contributed by atoms with Crippen LogP contribution in [0, 0.1) is 0 Å². The molecule has 2 N–H and O–H groups in total. The second kappa shape index (κ2) is 7.02. The van der Waals surface area contributed by atoms with E-state index in [0.29, 0.717) is 24.3 Å². The van der Waals surface area contributed by atoms with E-state index in [1.807, 2.05) is 17.6 Å². The van der Waals surface area contributed by atoms with E-state index in [0.717, 1.165) is 36.4 Å². The summed E-state index contributed by atoms with van der Waals surface area (Å²) in [4.78, 5) is 17.7. The van der Waals surface area contributed by atoms with Crippen molar-refractivity contribution in [2.75, 3.05) is 25.0 Å². The summed E-state index contributed by atoms with van der Waals surface area (Å²) in [6, 6.07) is 2.21. The number of nitrogens with zero attached hydrogens (tertiary/aromatic N) is 5. The van der Waals surface area contributed by atoms with E-state index in [1.165, 1.54) is 6.42 Å². The van der Waals surface area contributed by atoms with Crippen molar-refractivity contribution < 1.29 is 4.74 Å². The summed E-state index contributed by atoms with van der Waals surface area (Å²) in [6.07, 6.45) is 9.27. The highest BCUT2D eigenvalue weighted by molar-refractivity contribution is 5.77. The van der Waals surface area contributed by atoms with Gasteiger partial charge in [-0.05, 0) is 26.3 Å². The fourth-order valence-electron chi connectivity index (χ4n) is 3.03. The molecule has 3 aromatic heterocycles. The highest BCUT2D eigenvalue weighted by atomic mass is 16.5. The van der Waals surface area contributed by atoms with Gasteiger partial charge in [0.25, 0.3) is 0 Å². The van der Waals surface area contributed by atoms with Crippen LogP contribution in [-0.4, -0.2) is 50.2 Å². The summed E-state index contributed by atoms with van der Waals surface area (Å²) < 4.78 is 7.31. The molecule has 4 heterocycles. The molecule has 8 nitrogen and oxygen atoms in total. The Morgan fingerprint density at radius 3 is 3.12 bits per heavy atom. The van der Waals surface area contributed by atoms with Crippen molar-refractivity contribution in [1.82, 2.24) is 29.8 Å². The molecule has 1 aliphatic rings. The lowest BCUT2D eigenvalue weighted by atomic mass is 10.1. The van der Waals surface area contributed by atoms with E-state index in [-0.39, 0.29) is 0 Å². The van der Waals surface area contributed by atoms with Gasteiger partial charge in [0.2, 0.25) is 5.88 Å². The van der Waals surface area contributed by atoms with Crippen LogP contribution in [0.5, 0.6) is 5.88 Å². The van der Waals surface area contributed by atoms with E-state index in [4.69, 9.17) is 4.74 Å². The quantitative estimate of drug-likeness (QED) is 0.732. The molecule has 130 valence electrons. The van der Waals surface area contributed by atoms with Crippen LogP contribution in [0.1, 0.15) is 19.8 Å². The molecule has 4 rings (SSSR count). The van der Waals surface area contributed by atoms with Crippen LogP contribution in [-0.2, 0) is 0 Å². The van der Waals surface area contributed by atoms with Gasteiger partial charge in [0.1, 0.15) is 12.1 Å². The Hall–Kier alpha value is -2.74. The van der Waals surface area contributed by atoms with Crippen LogP contribution in [0.25, 0.3) is 16.9 Å². The molecule has 1 saturated heterocycles. The van der Waals surface area contributed by atoms with Gasteiger partial charge in [0.15, 0.2) is 5.82 Å². The smallest absolute Gasteiger partial charge is 0.215 e. The molecular weight excluding hydrogens is 318 g/mol. The molecule has 25 heavy (non-hydrogen) atoms. The van der Waals surface area contributed by atoms with Crippen LogP contribution in [0.3, 0.4) is 0 Å². The van der Waals surface area contributed by atoms with Crippen molar-refractivity contribution in [3.8, 4) is 11.7 Å². The number of piperidine rings is 1. The Bertz CT molecular complexity index is 857. The van der Waals surface area contributed by atoms with Crippen LogP contribution >= 0.6 is 0 Å². The summed E-state index contributed by atoms with van der Waals surface area (Å²) in [7, 11) is 0. The zero-order valence-electron chi connectivity index (χ0n) is 14.1. The molecule has 8 heteroatoms. The van der Waals surface area contributed by atoms with Gasteiger partial charge in [-0.3, -0.25) is 9.55 Å². The fourth-order valence-corrected chi connectivity index (χ4v) is 3.03. The van der Waals surface area contributed by atoms with E-state index in [2.05, 4.69) is 30.6 Å². The Morgan fingerprint density at radius 1 is 1.32 bits per heavy atom. The molecule has 0 amide bonds. The van der Waals surface area contributed by atoms with E-state index >= 15 is 0 Å². The molecule has 3 aromatic rings. The number of ether oxygens (including phenoxy) is 1. The maximum atomic E-state index is 5.43. The first-order chi connectivity index (χ1) is 12.3. The van der Waals surface area contributed by atoms with Gasteiger partial charge >= 0.3 is 0 Å². The largest absolute Gasteiger partial charge is 0.478 e. The summed E-state index contributed by atoms with van der Waals surface area (Å²) in [5.74, 6) is 2.06. The molecule has 0 saturated carbocycles. The van der Waals surface area contributed by atoms with Gasteiger partial charge in [0, 0.05) is 18.7 Å². The first-order valence-corrected chi connectivity index (χ1v) is 8.59. The predicted molar refractivity (Wildman–Crippen MR) is 95.1 cm³/mol. The monoisotopic (exact) mass is 339 g/mol. The number of aromatic nitrogens is 5. The lowest BCUT2D eigenvalue weighted by molar-refractivity contribution is 0.327. The van der Waals surface area contributed by atoms with Crippen molar-refractivity contribution >= 4 is 16.9 Å². The van der Waals surface area contributed by atoms with Gasteiger partial charge in [-0.15, -0.1) is 0 Å². The SMILES string of the molecule is CCOc1cc2ncn(-c3cncc(N[C@@H]4CCCNC4)n3)c2cn1. The van der Waals surface area contributed by atoms with Crippen LogP contribution in [0.4, 0.5) is 5.82 Å². The number of imidazole rings is 1. The van der Waals surface area contributed by atoms with Gasteiger partial charge in [-0.1, -0.05) is 0 Å². The molecule has 0 radical (unpaired) electrons. The molecule has 1 aliphatic heterocycles. The molecule has 0 unspecified atom stereocenters. The standard InChI is InChI=1S/C17H21N7O/c1-2-25-17-6-13-14(8-20-17)24(11-21-13)16-10-19-9-15(23-16)22-12-4-3-5-18-7-12/h6,8-12,18H,2-5,7H2,1H3,(H,22,23)/t12-/m1/s1. The van der Waals surface area contributed by atoms with Crippen molar-refractivity contribution in [3.63, 3.8) is 0 Å².